The summed E-state index contributed by atoms with van der Waals surface area (Å²) < 4.78 is 27.4. The molecule has 1 aromatic carbocycles. The number of rotatable bonds is 8. The molecule has 8 heteroatoms. The fourth-order valence-corrected chi connectivity index (χ4v) is 3.37. The van der Waals surface area contributed by atoms with Gasteiger partial charge in [0.15, 0.2) is 0 Å². The van der Waals surface area contributed by atoms with E-state index in [1.165, 1.54) is 0 Å². The maximum atomic E-state index is 12.2. The van der Waals surface area contributed by atoms with Gasteiger partial charge in [-0.05, 0) is 37.5 Å². The number of hydrogen-bond acceptors (Lipinski definition) is 4. The van der Waals surface area contributed by atoms with E-state index in [0.29, 0.717) is 12.2 Å². The number of amides is 1. The van der Waals surface area contributed by atoms with E-state index in [1.54, 1.807) is 18.6 Å². The number of anilines is 1. The first-order valence-corrected chi connectivity index (χ1v) is 9.89. The van der Waals surface area contributed by atoms with Crippen molar-refractivity contribution in [2.75, 3.05) is 23.7 Å². The molecule has 0 saturated carbocycles. The summed E-state index contributed by atoms with van der Waals surface area (Å²) in [7, 11) is -3.56. The quantitative estimate of drug-likeness (QED) is 0.719. The summed E-state index contributed by atoms with van der Waals surface area (Å²) in [6, 6.07) is 5.55. The predicted molar refractivity (Wildman–Crippen MR) is 98.0 cm³/mol. The highest BCUT2D eigenvalue weighted by Gasteiger charge is 2.22. The van der Waals surface area contributed by atoms with Crippen LogP contribution < -0.4 is 9.62 Å². The topological polar surface area (TPSA) is 84.3 Å². The number of carbonyl (C=O) groups is 1. The molecule has 0 radical (unpaired) electrons. The highest BCUT2D eigenvalue weighted by molar-refractivity contribution is 7.92. The van der Waals surface area contributed by atoms with Gasteiger partial charge < -0.3 is 9.88 Å². The molecular formula is C17H24N4O3S. The van der Waals surface area contributed by atoms with Crippen LogP contribution in [0.2, 0.25) is 0 Å². The predicted octanol–water partition coefficient (Wildman–Crippen LogP) is 1.47. The zero-order chi connectivity index (χ0) is 18.4. The average molecular weight is 364 g/mol. The third-order valence-corrected chi connectivity index (χ3v) is 4.92. The van der Waals surface area contributed by atoms with Crippen molar-refractivity contribution < 1.29 is 13.2 Å². The van der Waals surface area contributed by atoms with Crippen LogP contribution in [0.4, 0.5) is 5.69 Å². The number of sulfonamides is 1. The van der Waals surface area contributed by atoms with Crippen molar-refractivity contribution in [1.82, 2.24) is 14.9 Å². The summed E-state index contributed by atoms with van der Waals surface area (Å²) in [6.45, 7) is 4.71. The van der Waals surface area contributed by atoms with Crippen molar-refractivity contribution in [3.8, 4) is 0 Å². The monoisotopic (exact) mass is 364 g/mol. The number of carbonyl (C=O) groups excluding carboxylic acids is 1. The Kier molecular flexibility index (Phi) is 6.19. The molecule has 0 unspecified atom stereocenters. The van der Waals surface area contributed by atoms with Gasteiger partial charge in [-0.3, -0.25) is 9.10 Å². The molecule has 7 nitrogen and oxygen atoms in total. The van der Waals surface area contributed by atoms with E-state index in [2.05, 4.69) is 10.3 Å². The van der Waals surface area contributed by atoms with Gasteiger partial charge >= 0.3 is 0 Å². The van der Waals surface area contributed by atoms with Gasteiger partial charge in [-0.25, -0.2) is 13.4 Å². The molecular weight excluding hydrogens is 340 g/mol. The van der Waals surface area contributed by atoms with Crippen LogP contribution in [0.3, 0.4) is 0 Å². The van der Waals surface area contributed by atoms with Gasteiger partial charge in [-0.1, -0.05) is 12.1 Å². The van der Waals surface area contributed by atoms with Crippen molar-refractivity contribution in [3.63, 3.8) is 0 Å². The third-order valence-electron chi connectivity index (χ3n) is 3.80. The van der Waals surface area contributed by atoms with Crippen molar-refractivity contribution in [2.45, 2.75) is 26.8 Å². The Morgan fingerprint density at radius 1 is 1.32 bits per heavy atom. The fraction of sp³-hybridized carbons (Fsp3) is 0.412. The minimum absolute atomic E-state index is 0.228. The van der Waals surface area contributed by atoms with Gasteiger partial charge in [-0.15, -0.1) is 0 Å². The van der Waals surface area contributed by atoms with Crippen LogP contribution in [0.5, 0.6) is 0 Å². The van der Waals surface area contributed by atoms with E-state index in [-0.39, 0.29) is 12.5 Å². The molecule has 0 fully saturated rings. The van der Waals surface area contributed by atoms with Crippen LogP contribution in [0.25, 0.3) is 0 Å². The highest BCUT2D eigenvalue weighted by atomic mass is 32.2. The molecule has 0 aliphatic carbocycles. The minimum atomic E-state index is -3.56. The van der Waals surface area contributed by atoms with Crippen molar-refractivity contribution in [1.29, 1.82) is 0 Å². The second-order valence-electron chi connectivity index (χ2n) is 6.06. The summed E-state index contributed by atoms with van der Waals surface area (Å²) in [5, 5.41) is 2.77. The third kappa shape index (κ3) is 5.60. The summed E-state index contributed by atoms with van der Waals surface area (Å²) in [5.74, 6) is -0.322. The molecule has 0 saturated heterocycles. The average Bonchev–Trinajstić information content (AvgIpc) is 3.04. The van der Waals surface area contributed by atoms with Gasteiger partial charge in [-0.2, -0.15) is 0 Å². The maximum absolute atomic E-state index is 12.2. The summed E-state index contributed by atoms with van der Waals surface area (Å²) in [6.07, 6.45) is 7.12. The Morgan fingerprint density at radius 3 is 2.72 bits per heavy atom. The summed E-state index contributed by atoms with van der Waals surface area (Å²) in [5.41, 5.74) is 2.29. The largest absolute Gasteiger partial charge is 0.354 e. The SMILES string of the molecule is Cc1ccc(C)c(N(CC(=O)NCCCn2ccnc2)S(C)(=O)=O)c1. The molecule has 2 rings (SSSR count). The number of aromatic nitrogens is 2. The minimum Gasteiger partial charge on any atom is -0.354 e. The lowest BCUT2D eigenvalue weighted by Gasteiger charge is -2.24. The lowest BCUT2D eigenvalue weighted by Crippen LogP contribution is -2.41. The van der Waals surface area contributed by atoms with Gasteiger partial charge in [0, 0.05) is 25.5 Å². The molecule has 1 amide bonds. The molecule has 1 heterocycles. The summed E-state index contributed by atoms with van der Waals surface area (Å²) >= 11 is 0. The van der Waals surface area contributed by atoms with Gasteiger partial charge in [0.05, 0.1) is 18.3 Å². The van der Waals surface area contributed by atoms with Gasteiger partial charge in [0.1, 0.15) is 6.54 Å². The van der Waals surface area contributed by atoms with Crippen LogP contribution in [-0.4, -0.2) is 43.2 Å². The van der Waals surface area contributed by atoms with Gasteiger partial charge in [0.2, 0.25) is 15.9 Å². The van der Waals surface area contributed by atoms with Crippen LogP contribution in [-0.2, 0) is 21.4 Å². The number of imidazole rings is 1. The molecule has 0 aliphatic heterocycles. The van der Waals surface area contributed by atoms with Crippen molar-refractivity contribution in [2.24, 2.45) is 0 Å². The lowest BCUT2D eigenvalue weighted by atomic mass is 10.1. The maximum Gasteiger partial charge on any atom is 0.240 e. The van der Waals surface area contributed by atoms with Crippen LogP contribution in [0.15, 0.2) is 36.9 Å². The number of benzene rings is 1. The lowest BCUT2D eigenvalue weighted by molar-refractivity contribution is -0.119. The molecule has 136 valence electrons. The molecule has 0 atom stereocenters. The standard InChI is InChI=1S/C17H24N4O3S/c1-14-5-6-15(2)16(11-14)21(25(3,23)24)12-17(22)19-7-4-9-20-10-8-18-13-20/h5-6,8,10-11,13H,4,7,9,12H2,1-3H3,(H,19,22). The van der Waals surface area contributed by atoms with E-state index >= 15 is 0 Å². The molecule has 2 aromatic rings. The van der Waals surface area contributed by atoms with E-state index in [1.807, 2.05) is 36.7 Å². The molecule has 0 spiro atoms. The molecule has 0 aliphatic rings. The number of nitrogens with zero attached hydrogens (tertiary/aromatic N) is 3. The van der Waals surface area contributed by atoms with Gasteiger partial charge in [0.25, 0.3) is 0 Å². The van der Waals surface area contributed by atoms with Crippen LogP contribution in [0, 0.1) is 13.8 Å². The van der Waals surface area contributed by atoms with E-state index < -0.39 is 10.0 Å². The highest BCUT2D eigenvalue weighted by Crippen LogP contribution is 2.23. The number of hydrogen-bond donors (Lipinski definition) is 1. The molecule has 1 N–H and O–H groups in total. The van der Waals surface area contributed by atoms with E-state index in [4.69, 9.17) is 0 Å². The Bertz CT molecular complexity index is 816. The molecule has 25 heavy (non-hydrogen) atoms. The van der Waals surface area contributed by atoms with Crippen LogP contribution in [0.1, 0.15) is 17.5 Å². The van der Waals surface area contributed by atoms with E-state index in [0.717, 1.165) is 34.7 Å². The fourth-order valence-electron chi connectivity index (χ4n) is 2.46. The Balaban J connectivity index is 1.97. The van der Waals surface area contributed by atoms with Crippen LogP contribution >= 0.6 is 0 Å². The Hall–Kier alpha value is -2.35. The zero-order valence-corrected chi connectivity index (χ0v) is 15.6. The smallest absolute Gasteiger partial charge is 0.240 e. The Morgan fingerprint density at radius 2 is 2.08 bits per heavy atom. The van der Waals surface area contributed by atoms with Crippen molar-refractivity contribution >= 4 is 21.6 Å². The summed E-state index contributed by atoms with van der Waals surface area (Å²) in [4.78, 5) is 16.1. The first kappa shape index (κ1) is 19.0. The molecule has 0 bridgehead atoms. The Labute approximate surface area is 148 Å². The number of nitrogens with one attached hydrogen (secondary N) is 1. The number of aryl methyl sites for hydroxylation is 3. The van der Waals surface area contributed by atoms with Crippen molar-refractivity contribution in [3.05, 3.63) is 48.0 Å². The normalized spacial score (nSPS) is 11.3. The molecule has 1 aromatic heterocycles. The first-order chi connectivity index (χ1) is 11.8. The second kappa shape index (κ2) is 8.15. The second-order valence-corrected chi connectivity index (χ2v) is 7.97. The first-order valence-electron chi connectivity index (χ1n) is 8.05. The van der Waals surface area contributed by atoms with E-state index in [9.17, 15) is 13.2 Å². The zero-order valence-electron chi connectivity index (χ0n) is 14.8.